The van der Waals surface area contributed by atoms with E-state index in [-0.39, 0.29) is 48.1 Å². The highest BCUT2D eigenvalue weighted by Gasteiger charge is 2.34. The summed E-state index contributed by atoms with van der Waals surface area (Å²) in [6.45, 7) is 7.39. The second-order valence-corrected chi connectivity index (χ2v) is 8.57. The minimum absolute atomic E-state index is 0. The van der Waals surface area contributed by atoms with Gasteiger partial charge in [-0.3, -0.25) is 14.5 Å². The topological polar surface area (TPSA) is 69.9 Å². The number of halogens is 1. The maximum Gasteiger partial charge on any atom is 0.236 e. The minimum atomic E-state index is 0. The monoisotopic (exact) mass is 422 g/mol. The van der Waals surface area contributed by atoms with Crippen LogP contribution in [0.3, 0.4) is 0 Å². The standard InChI is InChI=1S/C22H34N4O2.ClH/c1-16(2)24(3)22(28)18-9-11-26(12-10-18)21(27)15-25-13-19(20(23)14-25)17-7-5-4-6-8-17;/h4-8,16,18-20H,9-15,23H2,1-3H3;1H/t19-,20+;/m0./s1. The molecule has 2 aliphatic heterocycles. The van der Waals surface area contributed by atoms with Crippen molar-refractivity contribution < 1.29 is 9.59 Å². The Morgan fingerprint density at radius 2 is 1.76 bits per heavy atom. The van der Waals surface area contributed by atoms with Crippen LogP contribution in [0.5, 0.6) is 0 Å². The maximum atomic E-state index is 12.8. The Labute approximate surface area is 180 Å². The zero-order valence-corrected chi connectivity index (χ0v) is 18.6. The zero-order valence-electron chi connectivity index (χ0n) is 17.8. The lowest BCUT2D eigenvalue weighted by Gasteiger charge is -2.35. The number of piperidine rings is 1. The van der Waals surface area contributed by atoms with Gasteiger partial charge in [-0.2, -0.15) is 0 Å². The van der Waals surface area contributed by atoms with Crippen molar-refractivity contribution in [3.05, 3.63) is 35.9 Å². The van der Waals surface area contributed by atoms with Crippen LogP contribution in [0, 0.1) is 5.92 Å². The number of amides is 2. The Morgan fingerprint density at radius 3 is 2.34 bits per heavy atom. The first kappa shape index (κ1) is 23.6. The number of carbonyl (C=O) groups excluding carboxylic acids is 2. The first-order valence-electron chi connectivity index (χ1n) is 10.4. The van der Waals surface area contributed by atoms with Gasteiger partial charge in [-0.25, -0.2) is 0 Å². The minimum Gasteiger partial charge on any atom is -0.343 e. The molecule has 1 aromatic rings. The van der Waals surface area contributed by atoms with Gasteiger partial charge in [0.25, 0.3) is 0 Å². The van der Waals surface area contributed by atoms with Crippen LogP contribution in [0.15, 0.2) is 30.3 Å². The van der Waals surface area contributed by atoms with Gasteiger partial charge in [0.15, 0.2) is 0 Å². The molecular weight excluding hydrogens is 388 g/mol. The first-order chi connectivity index (χ1) is 13.4. The van der Waals surface area contributed by atoms with Crippen LogP contribution in [0.2, 0.25) is 0 Å². The Hall–Kier alpha value is -1.63. The fraction of sp³-hybridized carbons (Fsp3) is 0.636. The van der Waals surface area contributed by atoms with Crippen LogP contribution in [0.1, 0.15) is 38.2 Å². The SMILES string of the molecule is CC(C)N(C)C(=O)C1CCN(C(=O)CN2C[C@@H](N)[C@H](c3ccccc3)C2)CC1.Cl. The molecular formula is C22H35ClN4O2. The van der Waals surface area contributed by atoms with Crippen molar-refractivity contribution in [1.82, 2.24) is 14.7 Å². The van der Waals surface area contributed by atoms with E-state index in [1.54, 1.807) is 0 Å². The van der Waals surface area contributed by atoms with Gasteiger partial charge < -0.3 is 15.5 Å². The number of carbonyl (C=O) groups is 2. The highest BCUT2D eigenvalue weighted by atomic mass is 35.5. The first-order valence-corrected chi connectivity index (χ1v) is 10.4. The summed E-state index contributed by atoms with van der Waals surface area (Å²) in [4.78, 5) is 31.2. The van der Waals surface area contributed by atoms with E-state index >= 15 is 0 Å². The molecule has 0 aliphatic carbocycles. The average molecular weight is 423 g/mol. The molecule has 29 heavy (non-hydrogen) atoms. The summed E-state index contributed by atoms with van der Waals surface area (Å²) < 4.78 is 0. The van der Waals surface area contributed by atoms with Crippen molar-refractivity contribution in [2.45, 2.75) is 44.7 Å². The molecule has 0 aromatic heterocycles. The van der Waals surface area contributed by atoms with Gasteiger partial charge in [-0.1, -0.05) is 30.3 Å². The van der Waals surface area contributed by atoms with Crippen molar-refractivity contribution in [2.24, 2.45) is 11.7 Å². The molecule has 0 unspecified atom stereocenters. The van der Waals surface area contributed by atoms with Gasteiger partial charge in [0, 0.05) is 57.1 Å². The summed E-state index contributed by atoms with van der Waals surface area (Å²) >= 11 is 0. The molecule has 2 amide bonds. The second-order valence-electron chi connectivity index (χ2n) is 8.57. The molecule has 2 fully saturated rings. The summed E-state index contributed by atoms with van der Waals surface area (Å²) in [7, 11) is 1.87. The van der Waals surface area contributed by atoms with Crippen molar-refractivity contribution in [2.75, 3.05) is 39.8 Å². The normalized spacial score (nSPS) is 23.1. The van der Waals surface area contributed by atoms with E-state index in [1.807, 2.05) is 48.9 Å². The number of nitrogens with two attached hydrogens (primary N) is 1. The van der Waals surface area contributed by atoms with Crippen LogP contribution in [0.25, 0.3) is 0 Å². The summed E-state index contributed by atoms with van der Waals surface area (Å²) in [5.74, 6) is 0.686. The molecule has 1 aromatic carbocycles. The van der Waals surface area contributed by atoms with Gasteiger partial charge >= 0.3 is 0 Å². The highest BCUT2D eigenvalue weighted by molar-refractivity contribution is 5.85. The molecule has 0 bridgehead atoms. The molecule has 3 rings (SSSR count). The largest absolute Gasteiger partial charge is 0.343 e. The predicted molar refractivity (Wildman–Crippen MR) is 118 cm³/mol. The van der Waals surface area contributed by atoms with Gasteiger partial charge in [-0.15, -0.1) is 12.4 Å². The lowest BCUT2D eigenvalue weighted by atomic mass is 9.95. The van der Waals surface area contributed by atoms with Crippen LogP contribution >= 0.6 is 12.4 Å². The zero-order chi connectivity index (χ0) is 20.3. The van der Waals surface area contributed by atoms with E-state index in [9.17, 15) is 9.59 Å². The molecule has 2 atom stereocenters. The molecule has 2 heterocycles. The number of nitrogens with zero attached hydrogens (tertiary/aromatic N) is 3. The van der Waals surface area contributed by atoms with E-state index in [0.717, 1.165) is 25.9 Å². The Morgan fingerprint density at radius 1 is 1.14 bits per heavy atom. The number of hydrogen-bond acceptors (Lipinski definition) is 4. The fourth-order valence-electron chi connectivity index (χ4n) is 4.31. The highest BCUT2D eigenvalue weighted by Crippen LogP contribution is 2.26. The molecule has 0 radical (unpaired) electrons. The third-order valence-corrected chi connectivity index (χ3v) is 6.35. The number of rotatable bonds is 5. The third kappa shape index (κ3) is 5.71. The lowest BCUT2D eigenvalue weighted by molar-refractivity contribution is -0.141. The summed E-state index contributed by atoms with van der Waals surface area (Å²) in [5, 5.41) is 0. The molecule has 0 saturated carbocycles. The van der Waals surface area contributed by atoms with Crippen LogP contribution < -0.4 is 5.73 Å². The van der Waals surface area contributed by atoms with Gasteiger partial charge in [0.1, 0.15) is 0 Å². The number of hydrogen-bond donors (Lipinski definition) is 1. The lowest BCUT2D eigenvalue weighted by Crippen LogP contribution is -2.47. The fourth-order valence-corrected chi connectivity index (χ4v) is 4.31. The van der Waals surface area contributed by atoms with Crippen LogP contribution in [-0.2, 0) is 9.59 Å². The Kier molecular flexibility index (Phi) is 8.49. The molecule has 2 aliphatic rings. The molecule has 6 nitrogen and oxygen atoms in total. The van der Waals surface area contributed by atoms with E-state index in [2.05, 4.69) is 17.0 Å². The quantitative estimate of drug-likeness (QED) is 0.787. The Bertz CT molecular complexity index is 677. The third-order valence-electron chi connectivity index (χ3n) is 6.35. The summed E-state index contributed by atoms with van der Waals surface area (Å²) in [6.07, 6.45) is 1.52. The van der Waals surface area contributed by atoms with Crippen molar-refractivity contribution in [3.8, 4) is 0 Å². The maximum absolute atomic E-state index is 12.8. The average Bonchev–Trinajstić information content (AvgIpc) is 3.07. The van der Waals surface area contributed by atoms with Crippen molar-refractivity contribution in [3.63, 3.8) is 0 Å². The van der Waals surface area contributed by atoms with Gasteiger partial charge in [-0.05, 0) is 32.3 Å². The summed E-state index contributed by atoms with van der Waals surface area (Å²) in [5.41, 5.74) is 7.60. The van der Waals surface area contributed by atoms with E-state index in [0.29, 0.717) is 19.6 Å². The van der Waals surface area contributed by atoms with Gasteiger partial charge in [0.2, 0.25) is 11.8 Å². The van der Waals surface area contributed by atoms with E-state index in [1.165, 1.54) is 5.56 Å². The molecule has 0 spiro atoms. The molecule has 7 heteroatoms. The van der Waals surface area contributed by atoms with Gasteiger partial charge in [0.05, 0.1) is 6.54 Å². The van der Waals surface area contributed by atoms with Crippen molar-refractivity contribution in [1.29, 1.82) is 0 Å². The summed E-state index contributed by atoms with van der Waals surface area (Å²) in [6, 6.07) is 10.6. The van der Waals surface area contributed by atoms with Crippen LogP contribution in [-0.4, -0.2) is 78.4 Å². The smallest absolute Gasteiger partial charge is 0.236 e. The van der Waals surface area contributed by atoms with Crippen LogP contribution in [0.4, 0.5) is 0 Å². The molecule has 2 saturated heterocycles. The Balaban J connectivity index is 0.00000300. The number of benzene rings is 1. The molecule has 2 N–H and O–H groups in total. The number of likely N-dealkylation sites (tertiary alicyclic amines) is 2. The van der Waals surface area contributed by atoms with Crippen molar-refractivity contribution >= 4 is 24.2 Å². The predicted octanol–water partition coefficient (Wildman–Crippen LogP) is 1.94. The van der Waals surface area contributed by atoms with E-state index < -0.39 is 0 Å². The molecule has 162 valence electrons. The second kappa shape index (κ2) is 10.4. The van der Waals surface area contributed by atoms with E-state index in [4.69, 9.17) is 5.73 Å².